The number of nitrogens with one attached hydrogen (secondary N) is 1. The molecule has 2 aromatic rings. The quantitative estimate of drug-likeness (QED) is 0.570. The standard InChI is InChI=1S/C17H25N3O4S/c1-6-24-17(22)13-10(2)12-15(21)18-14(19-16(12)25-13)11(3)20(4)8-7-9-23-5/h11H,6-9H2,1-5H3,(H,18,19,21). The van der Waals surface area contributed by atoms with Gasteiger partial charge in [0.2, 0.25) is 0 Å². The fourth-order valence-electron chi connectivity index (χ4n) is 2.61. The van der Waals surface area contributed by atoms with Crippen LogP contribution in [0.15, 0.2) is 4.79 Å². The van der Waals surface area contributed by atoms with Gasteiger partial charge in [-0.15, -0.1) is 11.3 Å². The number of H-pyrrole nitrogens is 1. The monoisotopic (exact) mass is 367 g/mol. The molecule has 0 aliphatic heterocycles. The molecule has 0 bridgehead atoms. The third kappa shape index (κ3) is 4.26. The first-order chi connectivity index (χ1) is 11.9. The summed E-state index contributed by atoms with van der Waals surface area (Å²) in [5.41, 5.74) is 0.404. The van der Waals surface area contributed by atoms with Gasteiger partial charge in [0.1, 0.15) is 15.5 Å². The molecule has 2 heterocycles. The SMILES string of the molecule is CCOC(=O)c1sc2nc(C(C)N(C)CCCOC)[nH]c(=O)c2c1C. The number of thiophene rings is 1. The molecular weight excluding hydrogens is 342 g/mol. The maximum absolute atomic E-state index is 12.5. The fraction of sp³-hybridized carbons (Fsp3) is 0.588. The number of carbonyl (C=O) groups excluding carboxylic acids is 1. The number of aromatic nitrogens is 2. The van der Waals surface area contributed by atoms with Gasteiger partial charge in [0, 0.05) is 20.3 Å². The molecule has 2 rings (SSSR count). The van der Waals surface area contributed by atoms with Crippen molar-refractivity contribution in [2.24, 2.45) is 0 Å². The second-order valence-corrected chi connectivity index (χ2v) is 6.91. The van der Waals surface area contributed by atoms with Gasteiger partial charge in [-0.3, -0.25) is 9.69 Å². The van der Waals surface area contributed by atoms with Crippen LogP contribution in [0.5, 0.6) is 0 Å². The van der Waals surface area contributed by atoms with Crippen molar-refractivity contribution in [3.63, 3.8) is 0 Å². The molecule has 0 spiro atoms. The van der Waals surface area contributed by atoms with Crippen LogP contribution in [-0.2, 0) is 9.47 Å². The number of hydrogen-bond donors (Lipinski definition) is 1. The van der Waals surface area contributed by atoms with Crippen LogP contribution in [0.2, 0.25) is 0 Å². The van der Waals surface area contributed by atoms with E-state index in [4.69, 9.17) is 9.47 Å². The van der Waals surface area contributed by atoms with E-state index >= 15 is 0 Å². The molecule has 0 fully saturated rings. The van der Waals surface area contributed by atoms with Crippen molar-refractivity contribution in [3.05, 3.63) is 26.6 Å². The summed E-state index contributed by atoms with van der Waals surface area (Å²) in [6.45, 7) is 7.31. The lowest BCUT2D eigenvalue weighted by Crippen LogP contribution is -2.27. The minimum Gasteiger partial charge on any atom is -0.462 e. The normalized spacial score (nSPS) is 12.7. The van der Waals surface area contributed by atoms with Gasteiger partial charge in [0.25, 0.3) is 5.56 Å². The van der Waals surface area contributed by atoms with Crippen LogP contribution >= 0.6 is 11.3 Å². The van der Waals surface area contributed by atoms with Crippen LogP contribution in [0.3, 0.4) is 0 Å². The summed E-state index contributed by atoms with van der Waals surface area (Å²) in [5, 5.41) is 0.464. The Hall–Kier alpha value is -1.77. The lowest BCUT2D eigenvalue weighted by Gasteiger charge is -2.23. The van der Waals surface area contributed by atoms with Crippen molar-refractivity contribution >= 4 is 27.5 Å². The predicted molar refractivity (Wildman–Crippen MR) is 98.5 cm³/mol. The second kappa shape index (κ2) is 8.55. The first kappa shape index (κ1) is 19.6. The van der Waals surface area contributed by atoms with Gasteiger partial charge in [0.15, 0.2) is 0 Å². The van der Waals surface area contributed by atoms with E-state index in [0.29, 0.717) is 39.7 Å². The number of aromatic amines is 1. The predicted octanol–water partition coefficient (Wildman–Crippen LogP) is 2.50. The summed E-state index contributed by atoms with van der Waals surface area (Å²) in [5.74, 6) is 0.183. The summed E-state index contributed by atoms with van der Waals surface area (Å²) in [6, 6.07) is -0.0533. The van der Waals surface area contributed by atoms with E-state index in [0.717, 1.165) is 13.0 Å². The Morgan fingerprint density at radius 2 is 2.16 bits per heavy atom. The molecule has 138 valence electrons. The molecule has 0 saturated heterocycles. The summed E-state index contributed by atoms with van der Waals surface area (Å²) in [6.07, 6.45) is 0.898. The summed E-state index contributed by atoms with van der Waals surface area (Å²) in [7, 11) is 3.66. The van der Waals surface area contributed by atoms with Crippen molar-refractivity contribution in [3.8, 4) is 0 Å². The highest BCUT2D eigenvalue weighted by Gasteiger charge is 2.22. The number of nitrogens with zero attached hydrogens (tertiary/aromatic N) is 2. The van der Waals surface area contributed by atoms with Crippen LogP contribution < -0.4 is 5.56 Å². The smallest absolute Gasteiger partial charge is 0.348 e. The van der Waals surface area contributed by atoms with Gasteiger partial charge in [-0.1, -0.05) is 0 Å². The van der Waals surface area contributed by atoms with E-state index < -0.39 is 5.97 Å². The number of fused-ring (bicyclic) bond motifs is 1. The zero-order valence-corrected chi connectivity index (χ0v) is 16.2. The Kier molecular flexibility index (Phi) is 6.69. The molecule has 2 aromatic heterocycles. The van der Waals surface area contributed by atoms with Gasteiger partial charge < -0.3 is 14.5 Å². The van der Waals surface area contributed by atoms with Gasteiger partial charge in [-0.05, 0) is 39.8 Å². The first-order valence-electron chi connectivity index (χ1n) is 8.30. The zero-order chi connectivity index (χ0) is 18.6. The second-order valence-electron chi connectivity index (χ2n) is 5.91. The Morgan fingerprint density at radius 3 is 2.80 bits per heavy atom. The lowest BCUT2D eigenvalue weighted by molar-refractivity contribution is 0.0531. The average molecular weight is 367 g/mol. The van der Waals surface area contributed by atoms with E-state index in [2.05, 4.69) is 14.9 Å². The fourth-order valence-corrected chi connectivity index (χ4v) is 3.69. The first-order valence-corrected chi connectivity index (χ1v) is 9.11. The van der Waals surface area contributed by atoms with Crippen LogP contribution in [-0.4, -0.2) is 54.8 Å². The van der Waals surface area contributed by atoms with Crippen LogP contribution in [0.4, 0.5) is 0 Å². The topological polar surface area (TPSA) is 84.5 Å². The van der Waals surface area contributed by atoms with Gasteiger partial charge in [-0.2, -0.15) is 0 Å². The lowest BCUT2D eigenvalue weighted by atomic mass is 10.2. The Balaban J connectivity index is 2.35. The van der Waals surface area contributed by atoms with Gasteiger partial charge in [0.05, 0.1) is 18.0 Å². The molecule has 1 N–H and O–H groups in total. The van der Waals surface area contributed by atoms with E-state index in [-0.39, 0.29) is 11.6 Å². The Morgan fingerprint density at radius 1 is 1.44 bits per heavy atom. The Labute approximate surface area is 151 Å². The molecule has 0 aliphatic carbocycles. The average Bonchev–Trinajstić information content (AvgIpc) is 2.91. The number of ether oxygens (including phenoxy) is 2. The number of carbonyl (C=O) groups is 1. The van der Waals surface area contributed by atoms with Crippen LogP contribution in [0, 0.1) is 6.92 Å². The van der Waals surface area contributed by atoms with Crippen molar-refractivity contribution < 1.29 is 14.3 Å². The van der Waals surface area contributed by atoms with Crippen LogP contribution in [0.1, 0.15) is 47.4 Å². The Bertz CT molecular complexity index is 799. The molecule has 1 unspecified atom stereocenters. The summed E-state index contributed by atoms with van der Waals surface area (Å²) < 4.78 is 10.1. The van der Waals surface area contributed by atoms with Gasteiger partial charge >= 0.3 is 5.97 Å². The molecule has 0 aliphatic rings. The third-order valence-electron chi connectivity index (χ3n) is 4.20. The van der Waals surface area contributed by atoms with Crippen LogP contribution in [0.25, 0.3) is 10.2 Å². The molecular formula is C17H25N3O4S. The molecule has 0 saturated carbocycles. The highest BCUT2D eigenvalue weighted by molar-refractivity contribution is 7.20. The number of aryl methyl sites for hydroxylation is 1. The molecule has 0 radical (unpaired) electrons. The minimum atomic E-state index is -0.409. The molecule has 0 amide bonds. The van der Waals surface area contributed by atoms with E-state index in [1.807, 2.05) is 14.0 Å². The number of esters is 1. The van der Waals surface area contributed by atoms with Gasteiger partial charge in [-0.25, -0.2) is 9.78 Å². The largest absolute Gasteiger partial charge is 0.462 e. The third-order valence-corrected chi connectivity index (χ3v) is 5.36. The molecule has 1 atom stereocenters. The molecule has 7 nitrogen and oxygen atoms in total. The maximum Gasteiger partial charge on any atom is 0.348 e. The van der Waals surface area contributed by atoms with Crippen molar-refractivity contribution in [2.75, 3.05) is 33.9 Å². The van der Waals surface area contributed by atoms with E-state index in [1.54, 1.807) is 21.0 Å². The highest BCUT2D eigenvalue weighted by Crippen LogP contribution is 2.28. The van der Waals surface area contributed by atoms with E-state index in [9.17, 15) is 9.59 Å². The zero-order valence-electron chi connectivity index (χ0n) is 15.3. The number of rotatable bonds is 8. The molecule has 25 heavy (non-hydrogen) atoms. The minimum absolute atomic E-state index is 0.0533. The number of hydrogen-bond acceptors (Lipinski definition) is 7. The molecule has 8 heteroatoms. The summed E-state index contributed by atoms with van der Waals surface area (Å²) >= 11 is 1.21. The summed E-state index contributed by atoms with van der Waals surface area (Å²) in [4.78, 5) is 35.1. The molecule has 0 aromatic carbocycles. The maximum atomic E-state index is 12.5. The van der Waals surface area contributed by atoms with E-state index in [1.165, 1.54) is 11.3 Å². The van der Waals surface area contributed by atoms with Crippen molar-refractivity contribution in [2.45, 2.75) is 33.2 Å². The number of methoxy groups -OCH3 is 1. The highest BCUT2D eigenvalue weighted by atomic mass is 32.1. The van der Waals surface area contributed by atoms with Crippen molar-refractivity contribution in [1.82, 2.24) is 14.9 Å². The van der Waals surface area contributed by atoms with Crippen molar-refractivity contribution in [1.29, 1.82) is 0 Å².